The first kappa shape index (κ1) is 13.4. The van der Waals surface area contributed by atoms with E-state index in [0.717, 1.165) is 38.4 Å². The summed E-state index contributed by atoms with van der Waals surface area (Å²) in [4.78, 5) is 7.78. The fraction of sp³-hybridized carbons (Fsp3) is 0.400. The van der Waals surface area contributed by atoms with Gasteiger partial charge in [0.15, 0.2) is 5.13 Å². The third-order valence-electron chi connectivity index (χ3n) is 3.53. The quantitative estimate of drug-likeness (QED) is 0.940. The summed E-state index contributed by atoms with van der Waals surface area (Å²) in [5, 5.41) is 0.652. The van der Waals surface area contributed by atoms with E-state index in [9.17, 15) is 0 Å². The Morgan fingerprint density at radius 1 is 1.40 bits per heavy atom. The van der Waals surface area contributed by atoms with Gasteiger partial charge in [-0.25, -0.2) is 4.98 Å². The number of nitrogens with two attached hydrogens (primary N) is 1. The Labute approximate surface area is 123 Å². The van der Waals surface area contributed by atoms with E-state index in [-0.39, 0.29) is 0 Å². The van der Waals surface area contributed by atoms with Gasteiger partial charge < -0.3 is 10.5 Å². The molecule has 106 valence electrons. The zero-order valence-corrected chi connectivity index (χ0v) is 12.4. The molecule has 1 aromatic carbocycles. The monoisotopic (exact) mass is 289 g/mol. The molecule has 0 atom stereocenters. The van der Waals surface area contributed by atoms with Gasteiger partial charge in [-0.1, -0.05) is 6.07 Å². The summed E-state index contributed by atoms with van der Waals surface area (Å²) >= 11 is 1.58. The van der Waals surface area contributed by atoms with Crippen molar-refractivity contribution in [1.29, 1.82) is 0 Å². The van der Waals surface area contributed by atoms with Gasteiger partial charge in [-0.3, -0.25) is 4.90 Å². The number of hydrogen-bond acceptors (Lipinski definition) is 5. The molecule has 0 aliphatic carbocycles. The van der Waals surface area contributed by atoms with Crippen LogP contribution in [-0.2, 0) is 19.5 Å². The van der Waals surface area contributed by atoms with Crippen molar-refractivity contribution in [2.75, 3.05) is 18.9 Å². The van der Waals surface area contributed by atoms with Crippen LogP contribution in [0.1, 0.15) is 22.9 Å². The molecule has 20 heavy (non-hydrogen) atoms. The Morgan fingerprint density at radius 2 is 2.30 bits per heavy atom. The normalized spacial score (nSPS) is 15.1. The lowest BCUT2D eigenvalue weighted by molar-refractivity contribution is 0.247. The van der Waals surface area contributed by atoms with Crippen LogP contribution >= 0.6 is 11.3 Å². The molecular formula is C15H19N3OS. The lowest BCUT2D eigenvalue weighted by atomic mass is 9.99. The molecule has 0 spiro atoms. The molecule has 0 saturated heterocycles. The Kier molecular flexibility index (Phi) is 3.89. The summed E-state index contributed by atoms with van der Waals surface area (Å²) in [6.45, 7) is 5.72. The highest BCUT2D eigenvalue weighted by molar-refractivity contribution is 7.15. The topological polar surface area (TPSA) is 51.4 Å². The number of ether oxygens (including phenoxy) is 1. The minimum absolute atomic E-state index is 0.652. The summed E-state index contributed by atoms with van der Waals surface area (Å²) in [6.07, 6.45) is 2.96. The number of nitrogen functional groups attached to an aromatic ring is 1. The first-order valence-corrected chi connectivity index (χ1v) is 7.73. The molecule has 0 bridgehead atoms. The van der Waals surface area contributed by atoms with Crippen molar-refractivity contribution in [1.82, 2.24) is 9.88 Å². The second-order valence-electron chi connectivity index (χ2n) is 4.99. The average molecular weight is 289 g/mol. The third-order valence-corrected chi connectivity index (χ3v) is 4.34. The molecule has 1 aromatic heterocycles. The Hall–Kier alpha value is -1.59. The van der Waals surface area contributed by atoms with Crippen molar-refractivity contribution in [3.8, 4) is 5.75 Å². The number of anilines is 1. The zero-order valence-electron chi connectivity index (χ0n) is 11.6. The standard InChI is InChI=1S/C15H19N3OS/c1-2-19-13-4-3-12-9-18(6-5-11(12)7-13)10-14-8-17-15(16)20-14/h3-4,7-8H,2,5-6,9-10H2,1H3,(H2,16,17). The first-order valence-electron chi connectivity index (χ1n) is 6.91. The van der Waals surface area contributed by atoms with Gasteiger partial charge in [-0.15, -0.1) is 11.3 Å². The van der Waals surface area contributed by atoms with E-state index >= 15 is 0 Å². The third kappa shape index (κ3) is 2.94. The van der Waals surface area contributed by atoms with Crippen LogP contribution in [0.3, 0.4) is 0 Å². The maximum absolute atomic E-state index is 5.68. The average Bonchev–Trinajstić information content (AvgIpc) is 2.85. The SMILES string of the molecule is CCOc1ccc2c(c1)CCN(Cc1cnc(N)s1)C2. The highest BCUT2D eigenvalue weighted by Crippen LogP contribution is 2.26. The highest BCUT2D eigenvalue weighted by atomic mass is 32.1. The van der Waals surface area contributed by atoms with Crippen LogP contribution in [0.15, 0.2) is 24.4 Å². The maximum Gasteiger partial charge on any atom is 0.180 e. The van der Waals surface area contributed by atoms with Gasteiger partial charge in [0.2, 0.25) is 0 Å². The number of thiazole rings is 1. The highest BCUT2D eigenvalue weighted by Gasteiger charge is 2.17. The summed E-state index contributed by atoms with van der Waals surface area (Å²) in [7, 11) is 0. The lowest BCUT2D eigenvalue weighted by Crippen LogP contribution is -2.29. The maximum atomic E-state index is 5.68. The molecule has 0 radical (unpaired) electrons. The summed E-state index contributed by atoms with van der Waals surface area (Å²) in [6, 6.07) is 6.44. The van der Waals surface area contributed by atoms with Gasteiger partial charge in [0.1, 0.15) is 5.75 Å². The fourth-order valence-corrected chi connectivity index (χ4v) is 3.32. The number of rotatable bonds is 4. The molecule has 3 rings (SSSR count). The largest absolute Gasteiger partial charge is 0.494 e. The second kappa shape index (κ2) is 5.81. The number of fused-ring (bicyclic) bond motifs is 1. The fourth-order valence-electron chi connectivity index (χ4n) is 2.60. The van der Waals surface area contributed by atoms with E-state index < -0.39 is 0 Å². The molecule has 1 aliphatic rings. The lowest BCUT2D eigenvalue weighted by Gasteiger charge is -2.28. The van der Waals surface area contributed by atoms with Crippen molar-refractivity contribution in [2.24, 2.45) is 0 Å². The van der Waals surface area contributed by atoms with E-state index in [4.69, 9.17) is 10.5 Å². The number of benzene rings is 1. The Balaban J connectivity index is 1.69. The van der Waals surface area contributed by atoms with Gasteiger partial charge in [0.25, 0.3) is 0 Å². The molecule has 0 saturated carbocycles. The van der Waals surface area contributed by atoms with Crippen molar-refractivity contribution >= 4 is 16.5 Å². The molecule has 5 heteroatoms. The van der Waals surface area contributed by atoms with Crippen LogP contribution < -0.4 is 10.5 Å². The van der Waals surface area contributed by atoms with E-state index in [1.54, 1.807) is 11.3 Å². The van der Waals surface area contributed by atoms with Crippen molar-refractivity contribution in [3.05, 3.63) is 40.4 Å². The second-order valence-corrected chi connectivity index (χ2v) is 6.14. The van der Waals surface area contributed by atoms with E-state index in [1.165, 1.54) is 16.0 Å². The van der Waals surface area contributed by atoms with E-state index in [1.807, 2.05) is 13.1 Å². The van der Waals surface area contributed by atoms with Gasteiger partial charge >= 0.3 is 0 Å². The molecule has 2 N–H and O–H groups in total. The Morgan fingerprint density at radius 3 is 3.05 bits per heavy atom. The van der Waals surface area contributed by atoms with Crippen LogP contribution in [-0.4, -0.2) is 23.0 Å². The van der Waals surface area contributed by atoms with Gasteiger partial charge in [-0.05, 0) is 36.6 Å². The van der Waals surface area contributed by atoms with Gasteiger partial charge in [-0.2, -0.15) is 0 Å². The molecule has 0 amide bonds. The number of hydrogen-bond donors (Lipinski definition) is 1. The van der Waals surface area contributed by atoms with Crippen molar-refractivity contribution < 1.29 is 4.74 Å². The zero-order chi connectivity index (χ0) is 13.9. The smallest absolute Gasteiger partial charge is 0.180 e. The first-order chi connectivity index (χ1) is 9.74. The van der Waals surface area contributed by atoms with Gasteiger partial charge in [0, 0.05) is 30.7 Å². The van der Waals surface area contributed by atoms with Crippen LogP contribution in [0, 0.1) is 0 Å². The summed E-state index contributed by atoms with van der Waals surface area (Å²) in [5.74, 6) is 0.981. The van der Waals surface area contributed by atoms with Gasteiger partial charge in [0.05, 0.1) is 6.61 Å². The molecule has 0 unspecified atom stereocenters. The molecule has 0 fully saturated rings. The predicted molar refractivity (Wildman–Crippen MR) is 82.0 cm³/mol. The van der Waals surface area contributed by atoms with Crippen LogP contribution in [0.4, 0.5) is 5.13 Å². The molecule has 4 nitrogen and oxygen atoms in total. The molecular weight excluding hydrogens is 270 g/mol. The van der Waals surface area contributed by atoms with E-state index in [0.29, 0.717) is 5.13 Å². The molecule has 2 heterocycles. The number of nitrogens with zero attached hydrogens (tertiary/aromatic N) is 2. The minimum Gasteiger partial charge on any atom is -0.494 e. The van der Waals surface area contributed by atoms with Crippen LogP contribution in [0.2, 0.25) is 0 Å². The van der Waals surface area contributed by atoms with Crippen LogP contribution in [0.5, 0.6) is 5.75 Å². The molecule has 1 aliphatic heterocycles. The predicted octanol–water partition coefficient (Wildman–Crippen LogP) is 2.68. The molecule has 2 aromatic rings. The summed E-state index contributed by atoms with van der Waals surface area (Å²) < 4.78 is 5.56. The summed E-state index contributed by atoms with van der Waals surface area (Å²) in [5.41, 5.74) is 8.49. The van der Waals surface area contributed by atoms with Crippen molar-refractivity contribution in [2.45, 2.75) is 26.4 Å². The van der Waals surface area contributed by atoms with Crippen molar-refractivity contribution in [3.63, 3.8) is 0 Å². The number of aromatic nitrogens is 1. The Bertz CT molecular complexity index is 597. The van der Waals surface area contributed by atoms with Crippen LogP contribution in [0.25, 0.3) is 0 Å². The minimum atomic E-state index is 0.652. The van der Waals surface area contributed by atoms with E-state index in [2.05, 4.69) is 28.1 Å².